The largest absolute Gasteiger partial charge is 0.497 e. The van der Waals surface area contributed by atoms with Crippen LogP contribution in [0.2, 0.25) is 0 Å². The first-order chi connectivity index (χ1) is 11.5. The van der Waals surface area contributed by atoms with Crippen LogP contribution in [0, 0.1) is 0 Å². The highest BCUT2D eigenvalue weighted by atomic mass is 32.2. The van der Waals surface area contributed by atoms with E-state index in [4.69, 9.17) is 4.74 Å². The van der Waals surface area contributed by atoms with Crippen molar-refractivity contribution in [1.82, 2.24) is 4.98 Å². The van der Waals surface area contributed by atoms with Crippen LogP contribution in [0.25, 0.3) is 0 Å². The number of ether oxygens (including phenoxy) is 1. The maximum absolute atomic E-state index is 12.4. The number of aromatic nitrogens is 1. The molecule has 1 aromatic carbocycles. The predicted molar refractivity (Wildman–Crippen MR) is 95.5 cm³/mol. The van der Waals surface area contributed by atoms with E-state index in [1.54, 1.807) is 25.4 Å². The zero-order valence-electron chi connectivity index (χ0n) is 13.7. The molecule has 1 atom stereocenters. The van der Waals surface area contributed by atoms with Crippen molar-refractivity contribution in [2.24, 2.45) is 0 Å². The van der Waals surface area contributed by atoms with Crippen molar-refractivity contribution in [3.63, 3.8) is 0 Å². The Labute approximate surface area is 145 Å². The molecular weight excluding hydrogens is 326 g/mol. The molecule has 0 unspecified atom stereocenters. The number of rotatable bonds is 6. The zero-order chi connectivity index (χ0) is 17.5. The summed E-state index contributed by atoms with van der Waals surface area (Å²) in [6.45, 7) is 3.21. The molecule has 2 rings (SSSR count). The van der Waals surface area contributed by atoms with Crippen molar-refractivity contribution < 1.29 is 14.3 Å². The van der Waals surface area contributed by atoms with E-state index >= 15 is 0 Å². The second-order valence-electron chi connectivity index (χ2n) is 5.01. The maximum atomic E-state index is 12.4. The van der Waals surface area contributed by atoms with Crippen molar-refractivity contribution in [3.05, 3.63) is 42.6 Å². The average Bonchev–Trinajstić information content (AvgIpc) is 2.56. The van der Waals surface area contributed by atoms with Crippen LogP contribution in [0.1, 0.15) is 13.8 Å². The molecule has 1 aromatic heterocycles. The molecule has 7 heteroatoms. The summed E-state index contributed by atoms with van der Waals surface area (Å²) in [5, 5.41) is 5.06. The molecule has 0 saturated heterocycles. The number of hydrogen-bond donors (Lipinski definition) is 2. The van der Waals surface area contributed by atoms with E-state index in [1.807, 2.05) is 31.2 Å². The van der Waals surface area contributed by atoms with Gasteiger partial charge in [-0.3, -0.25) is 9.59 Å². The fraction of sp³-hybridized carbons (Fsp3) is 0.235. The minimum Gasteiger partial charge on any atom is -0.497 e. The number of methoxy groups -OCH3 is 1. The first kappa shape index (κ1) is 17.8. The SMILES string of the molecule is COc1ccc(S[C@@H](C)C(=O)Nc2ncccc2NC(C)=O)cc1. The monoisotopic (exact) mass is 345 g/mol. The summed E-state index contributed by atoms with van der Waals surface area (Å²) in [5.41, 5.74) is 0.472. The molecule has 24 heavy (non-hydrogen) atoms. The Hall–Kier alpha value is -2.54. The molecular formula is C17H19N3O3S. The third-order valence-corrected chi connectivity index (χ3v) is 4.21. The zero-order valence-corrected chi connectivity index (χ0v) is 14.5. The van der Waals surface area contributed by atoms with Crippen molar-refractivity contribution >= 4 is 35.1 Å². The van der Waals surface area contributed by atoms with Gasteiger partial charge in [0.2, 0.25) is 11.8 Å². The van der Waals surface area contributed by atoms with Gasteiger partial charge < -0.3 is 15.4 Å². The van der Waals surface area contributed by atoms with Gasteiger partial charge in [-0.25, -0.2) is 4.98 Å². The van der Waals surface area contributed by atoms with Gasteiger partial charge in [-0.1, -0.05) is 0 Å². The number of hydrogen-bond acceptors (Lipinski definition) is 5. The van der Waals surface area contributed by atoms with E-state index < -0.39 is 0 Å². The standard InChI is InChI=1S/C17H19N3O3S/c1-11(24-14-8-6-13(23-3)7-9-14)17(22)20-16-15(19-12(2)21)5-4-10-18-16/h4-11H,1-3H3,(H,19,21)(H,18,20,22)/t11-/m0/s1. The minimum atomic E-state index is -0.328. The molecule has 0 spiro atoms. The lowest BCUT2D eigenvalue weighted by Gasteiger charge is -2.14. The highest BCUT2D eigenvalue weighted by Gasteiger charge is 2.17. The number of nitrogens with one attached hydrogen (secondary N) is 2. The first-order valence-electron chi connectivity index (χ1n) is 7.33. The summed E-state index contributed by atoms with van der Waals surface area (Å²) >= 11 is 1.43. The second-order valence-corrected chi connectivity index (χ2v) is 6.42. The summed E-state index contributed by atoms with van der Waals surface area (Å²) in [6, 6.07) is 10.9. The molecule has 2 amide bonds. The van der Waals surface area contributed by atoms with Crippen LogP contribution < -0.4 is 15.4 Å². The van der Waals surface area contributed by atoms with Gasteiger partial charge in [-0.2, -0.15) is 0 Å². The van der Waals surface area contributed by atoms with Crippen LogP contribution in [-0.4, -0.2) is 29.2 Å². The molecule has 0 fully saturated rings. The number of anilines is 2. The number of benzene rings is 1. The Morgan fingerprint density at radius 1 is 1.17 bits per heavy atom. The molecule has 6 nitrogen and oxygen atoms in total. The third-order valence-electron chi connectivity index (χ3n) is 3.10. The maximum Gasteiger partial charge on any atom is 0.238 e. The van der Waals surface area contributed by atoms with Crippen LogP contribution in [0.3, 0.4) is 0 Å². The molecule has 1 heterocycles. The lowest BCUT2D eigenvalue weighted by molar-refractivity contribution is -0.116. The average molecular weight is 345 g/mol. The van der Waals surface area contributed by atoms with Gasteiger partial charge in [-0.15, -0.1) is 11.8 Å². The van der Waals surface area contributed by atoms with Crippen LogP contribution in [0.5, 0.6) is 5.75 Å². The van der Waals surface area contributed by atoms with Crippen molar-refractivity contribution in [2.45, 2.75) is 24.0 Å². The fourth-order valence-corrected chi connectivity index (χ4v) is 2.79. The molecule has 0 aliphatic rings. The fourth-order valence-electron chi connectivity index (χ4n) is 1.93. The van der Waals surface area contributed by atoms with Crippen molar-refractivity contribution in [3.8, 4) is 5.75 Å². The second kappa shape index (κ2) is 8.35. The van der Waals surface area contributed by atoms with E-state index in [-0.39, 0.29) is 17.1 Å². The molecule has 0 aliphatic heterocycles. The number of nitrogens with zero attached hydrogens (tertiary/aromatic N) is 1. The number of pyridine rings is 1. The highest BCUT2D eigenvalue weighted by molar-refractivity contribution is 8.00. The van der Waals surface area contributed by atoms with E-state index in [2.05, 4.69) is 15.6 Å². The normalized spacial score (nSPS) is 11.5. The molecule has 0 aliphatic carbocycles. The van der Waals surface area contributed by atoms with Crippen LogP contribution in [-0.2, 0) is 9.59 Å². The van der Waals surface area contributed by atoms with Gasteiger partial charge in [0.15, 0.2) is 5.82 Å². The predicted octanol–water partition coefficient (Wildman–Crippen LogP) is 3.17. The summed E-state index contributed by atoms with van der Waals surface area (Å²) in [5.74, 6) is 0.685. The van der Waals surface area contributed by atoms with Gasteiger partial charge >= 0.3 is 0 Å². The van der Waals surface area contributed by atoms with Crippen LogP contribution in [0.4, 0.5) is 11.5 Å². The van der Waals surface area contributed by atoms with E-state index in [0.29, 0.717) is 11.5 Å². The highest BCUT2D eigenvalue weighted by Crippen LogP contribution is 2.27. The van der Waals surface area contributed by atoms with Crippen LogP contribution in [0.15, 0.2) is 47.5 Å². The molecule has 126 valence electrons. The Kier molecular flexibility index (Phi) is 6.20. The van der Waals surface area contributed by atoms with Crippen LogP contribution >= 0.6 is 11.8 Å². The summed E-state index contributed by atoms with van der Waals surface area (Å²) in [4.78, 5) is 28.7. The number of carbonyl (C=O) groups excluding carboxylic acids is 2. The van der Waals surface area contributed by atoms with E-state index in [9.17, 15) is 9.59 Å². The van der Waals surface area contributed by atoms with Gasteiger partial charge in [0, 0.05) is 18.0 Å². The van der Waals surface area contributed by atoms with E-state index in [0.717, 1.165) is 10.6 Å². The Morgan fingerprint density at radius 2 is 1.88 bits per heavy atom. The van der Waals surface area contributed by atoms with Crippen molar-refractivity contribution in [2.75, 3.05) is 17.7 Å². The minimum absolute atomic E-state index is 0.193. The number of thioether (sulfide) groups is 1. The molecule has 2 aromatic rings. The molecule has 2 N–H and O–H groups in total. The lowest BCUT2D eigenvalue weighted by Crippen LogP contribution is -2.24. The Morgan fingerprint density at radius 3 is 2.50 bits per heavy atom. The summed E-state index contributed by atoms with van der Waals surface area (Å²) < 4.78 is 5.11. The third kappa shape index (κ3) is 4.99. The summed E-state index contributed by atoms with van der Waals surface area (Å²) in [7, 11) is 1.61. The van der Waals surface area contributed by atoms with E-state index in [1.165, 1.54) is 18.7 Å². The molecule has 0 radical (unpaired) electrons. The number of carbonyl (C=O) groups is 2. The van der Waals surface area contributed by atoms with Gasteiger partial charge in [-0.05, 0) is 43.3 Å². The Bertz CT molecular complexity index is 719. The molecule has 0 bridgehead atoms. The lowest BCUT2D eigenvalue weighted by atomic mass is 10.3. The van der Waals surface area contributed by atoms with Gasteiger partial charge in [0.05, 0.1) is 18.0 Å². The van der Waals surface area contributed by atoms with Gasteiger partial charge in [0.1, 0.15) is 5.75 Å². The number of amides is 2. The quantitative estimate of drug-likeness (QED) is 0.786. The molecule has 0 saturated carbocycles. The smallest absolute Gasteiger partial charge is 0.238 e. The topological polar surface area (TPSA) is 80.3 Å². The Balaban J connectivity index is 2.02. The summed E-state index contributed by atoms with van der Waals surface area (Å²) in [6.07, 6.45) is 1.56. The van der Waals surface area contributed by atoms with Gasteiger partial charge in [0.25, 0.3) is 0 Å². The van der Waals surface area contributed by atoms with Crippen molar-refractivity contribution in [1.29, 1.82) is 0 Å². The first-order valence-corrected chi connectivity index (χ1v) is 8.21.